The zero-order valence-corrected chi connectivity index (χ0v) is 13.8. The molecule has 0 radical (unpaired) electrons. The average Bonchev–Trinajstić information content (AvgIpc) is 2.75. The summed E-state index contributed by atoms with van der Waals surface area (Å²) in [5.74, 6) is 0. The number of hydrogen-bond donors (Lipinski definition) is 1. The van der Waals surface area contributed by atoms with Gasteiger partial charge in [0.15, 0.2) is 0 Å². The predicted octanol–water partition coefficient (Wildman–Crippen LogP) is 3.35. The number of halogens is 2. The van der Waals surface area contributed by atoms with Gasteiger partial charge in [-0.15, -0.1) is 11.3 Å². The number of thiophene rings is 1. The summed E-state index contributed by atoms with van der Waals surface area (Å²) in [5.41, 5.74) is 1.06. The molecule has 2 heterocycles. The summed E-state index contributed by atoms with van der Waals surface area (Å²) in [7, 11) is -3.67. The van der Waals surface area contributed by atoms with Gasteiger partial charge in [-0.3, -0.25) is 0 Å². The molecule has 0 spiro atoms. The fourth-order valence-corrected chi connectivity index (χ4v) is 4.29. The first kappa shape index (κ1) is 14.9. The van der Waals surface area contributed by atoms with Crippen molar-refractivity contribution in [3.8, 4) is 0 Å². The zero-order valence-electron chi connectivity index (χ0n) is 9.85. The number of hydrogen-bond acceptors (Lipinski definition) is 4. The van der Waals surface area contributed by atoms with E-state index in [0.717, 1.165) is 10.4 Å². The number of nitrogens with one attached hydrogen (secondary N) is 1. The third-order valence-electron chi connectivity index (χ3n) is 2.45. The van der Waals surface area contributed by atoms with Gasteiger partial charge in [-0.25, -0.2) is 18.1 Å². The van der Waals surface area contributed by atoms with Crippen LogP contribution in [0.2, 0.25) is 5.15 Å². The highest BCUT2D eigenvalue weighted by atomic mass is 79.9. The van der Waals surface area contributed by atoms with Crippen LogP contribution in [-0.4, -0.2) is 13.4 Å². The Morgan fingerprint density at radius 1 is 1.53 bits per heavy atom. The van der Waals surface area contributed by atoms with E-state index in [-0.39, 0.29) is 16.6 Å². The van der Waals surface area contributed by atoms with Crippen LogP contribution in [0.1, 0.15) is 10.4 Å². The quantitative estimate of drug-likeness (QED) is 0.826. The van der Waals surface area contributed by atoms with Gasteiger partial charge in [-0.1, -0.05) is 11.6 Å². The summed E-state index contributed by atoms with van der Waals surface area (Å²) in [6.45, 7) is 2.18. The van der Waals surface area contributed by atoms with Crippen molar-refractivity contribution < 1.29 is 8.42 Å². The van der Waals surface area contributed by atoms with Gasteiger partial charge in [0.1, 0.15) is 10.0 Å². The number of pyridine rings is 1. The van der Waals surface area contributed by atoms with Crippen molar-refractivity contribution in [2.24, 2.45) is 0 Å². The van der Waals surface area contributed by atoms with Crippen molar-refractivity contribution >= 4 is 48.9 Å². The van der Waals surface area contributed by atoms with Crippen LogP contribution in [0, 0.1) is 6.92 Å². The minimum Gasteiger partial charge on any atom is -0.242 e. The summed E-state index contributed by atoms with van der Waals surface area (Å²) < 4.78 is 27.4. The van der Waals surface area contributed by atoms with E-state index in [4.69, 9.17) is 11.6 Å². The highest BCUT2D eigenvalue weighted by Crippen LogP contribution is 2.23. The van der Waals surface area contributed by atoms with Crippen LogP contribution in [0.4, 0.5) is 0 Å². The summed E-state index contributed by atoms with van der Waals surface area (Å²) in [6.07, 6.45) is 1.45. The molecule has 4 nitrogen and oxygen atoms in total. The van der Waals surface area contributed by atoms with Gasteiger partial charge in [-0.2, -0.15) is 0 Å². The molecule has 0 unspecified atom stereocenters. The second-order valence-corrected chi connectivity index (χ2v) is 7.80. The number of aryl methyl sites for hydroxylation is 1. The Morgan fingerprint density at radius 2 is 2.26 bits per heavy atom. The fourth-order valence-electron chi connectivity index (χ4n) is 1.42. The normalized spacial score (nSPS) is 11.7. The first-order chi connectivity index (χ1) is 8.90. The molecular weight excluding hydrogens is 372 g/mol. The van der Waals surface area contributed by atoms with Crippen molar-refractivity contribution in [1.29, 1.82) is 0 Å². The minimum absolute atomic E-state index is 0.0299. The Bertz CT molecular complexity index is 700. The van der Waals surface area contributed by atoms with Gasteiger partial charge >= 0.3 is 0 Å². The average molecular weight is 382 g/mol. The molecule has 102 valence electrons. The van der Waals surface area contributed by atoms with Crippen LogP contribution in [0.25, 0.3) is 0 Å². The van der Waals surface area contributed by atoms with Gasteiger partial charge in [0.05, 0.1) is 0 Å². The lowest BCUT2D eigenvalue weighted by molar-refractivity contribution is 0.581. The van der Waals surface area contributed by atoms with Crippen LogP contribution < -0.4 is 4.72 Å². The SMILES string of the molecule is Cc1ccsc1CNS(=O)(=O)c1cc(Br)cnc1Cl. The minimum atomic E-state index is -3.67. The second kappa shape index (κ2) is 5.88. The van der Waals surface area contributed by atoms with Crippen molar-refractivity contribution in [3.05, 3.63) is 43.8 Å². The van der Waals surface area contributed by atoms with Crippen LogP contribution in [0.15, 0.2) is 33.1 Å². The van der Waals surface area contributed by atoms with Gasteiger partial charge in [0.2, 0.25) is 10.0 Å². The summed E-state index contributed by atoms with van der Waals surface area (Å²) >= 11 is 10.5. The molecule has 0 aliphatic rings. The molecule has 8 heteroatoms. The van der Waals surface area contributed by atoms with Crippen molar-refractivity contribution in [1.82, 2.24) is 9.71 Å². The smallest absolute Gasteiger partial charge is 0.242 e. The lowest BCUT2D eigenvalue weighted by atomic mass is 10.3. The molecule has 0 aliphatic heterocycles. The van der Waals surface area contributed by atoms with Gasteiger partial charge in [-0.05, 0) is 45.9 Å². The number of sulfonamides is 1. The standard InChI is InChI=1S/C11H10BrClN2O2S2/c1-7-2-3-18-9(7)6-15-19(16,17)10-4-8(12)5-14-11(10)13/h2-5,15H,6H2,1H3. The second-order valence-electron chi connectivity index (χ2n) is 3.79. The van der Waals surface area contributed by atoms with E-state index in [1.165, 1.54) is 23.6 Å². The molecule has 0 atom stereocenters. The van der Waals surface area contributed by atoms with E-state index in [0.29, 0.717) is 4.47 Å². The molecule has 0 saturated carbocycles. The summed E-state index contributed by atoms with van der Waals surface area (Å²) in [6, 6.07) is 3.38. The summed E-state index contributed by atoms with van der Waals surface area (Å²) in [5, 5.41) is 1.88. The van der Waals surface area contributed by atoms with Crippen molar-refractivity contribution in [2.45, 2.75) is 18.4 Å². The van der Waals surface area contributed by atoms with E-state index in [9.17, 15) is 8.42 Å². The summed E-state index contributed by atoms with van der Waals surface area (Å²) in [4.78, 5) is 4.75. The highest BCUT2D eigenvalue weighted by molar-refractivity contribution is 9.10. The Labute approximate surface area is 129 Å². The maximum atomic E-state index is 12.2. The molecule has 2 aromatic heterocycles. The molecule has 0 saturated heterocycles. The lowest BCUT2D eigenvalue weighted by Crippen LogP contribution is -2.23. The predicted molar refractivity (Wildman–Crippen MR) is 80.0 cm³/mol. The first-order valence-corrected chi connectivity index (χ1v) is 8.77. The van der Waals surface area contributed by atoms with E-state index < -0.39 is 10.0 Å². The van der Waals surface area contributed by atoms with Crippen LogP contribution >= 0.6 is 38.9 Å². The highest BCUT2D eigenvalue weighted by Gasteiger charge is 2.19. The molecule has 1 N–H and O–H groups in total. The Hall–Kier alpha value is -0.470. The molecule has 2 rings (SSSR count). The van der Waals surface area contributed by atoms with E-state index in [1.54, 1.807) is 0 Å². The molecule has 19 heavy (non-hydrogen) atoms. The maximum absolute atomic E-state index is 12.2. The van der Waals surface area contributed by atoms with Gasteiger partial charge in [0, 0.05) is 22.1 Å². The lowest BCUT2D eigenvalue weighted by Gasteiger charge is -2.08. The zero-order chi connectivity index (χ0) is 14.0. The molecule has 0 bridgehead atoms. The number of nitrogens with zero attached hydrogens (tertiary/aromatic N) is 1. The number of rotatable bonds is 4. The maximum Gasteiger partial charge on any atom is 0.244 e. The Morgan fingerprint density at radius 3 is 2.89 bits per heavy atom. The fraction of sp³-hybridized carbons (Fsp3) is 0.182. The Kier molecular flexibility index (Phi) is 4.62. The van der Waals surface area contributed by atoms with E-state index in [2.05, 4.69) is 25.6 Å². The van der Waals surface area contributed by atoms with Crippen molar-refractivity contribution in [2.75, 3.05) is 0 Å². The van der Waals surface area contributed by atoms with Crippen LogP contribution in [0.3, 0.4) is 0 Å². The topological polar surface area (TPSA) is 59.1 Å². The van der Waals surface area contributed by atoms with E-state index >= 15 is 0 Å². The van der Waals surface area contributed by atoms with Crippen LogP contribution in [0.5, 0.6) is 0 Å². The molecule has 0 aliphatic carbocycles. The van der Waals surface area contributed by atoms with Gasteiger partial charge in [0.25, 0.3) is 0 Å². The van der Waals surface area contributed by atoms with Crippen LogP contribution in [-0.2, 0) is 16.6 Å². The van der Waals surface area contributed by atoms with Crippen molar-refractivity contribution in [3.63, 3.8) is 0 Å². The first-order valence-electron chi connectivity index (χ1n) is 5.24. The molecule has 2 aromatic rings. The van der Waals surface area contributed by atoms with E-state index in [1.807, 2.05) is 18.4 Å². The third-order valence-corrected chi connectivity index (χ3v) is 5.74. The molecule has 0 amide bonds. The third kappa shape index (κ3) is 3.55. The number of aromatic nitrogens is 1. The Balaban J connectivity index is 2.23. The van der Waals surface area contributed by atoms with Gasteiger partial charge < -0.3 is 0 Å². The molecule has 0 fully saturated rings. The largest absolute Gasteiger partial charge is 0.244 e. The molecule has 0 aromatic carbocycles. The molecular formula is C11H10BrClN2O2S2. The monoisotopic (exact) mass is 380 g/mol.